The van der Waals surface area contributed by atoms with E-state index in [0.717, 1.165) is 0 Å². The van der Waals surface area contributed by atoms with Gasteiger partial charge in [-0.2, -0.15) is 0 Å². The molecule has 0 aromatic heterocycles. The molecule has 0 radical (unpaired) electrons. The average molecular weight is 1670 g/mol. The van der Waals surface area contributed by atoms with Gasteiger partial charge in [-0.1, -0.05) is 320 Å². The van der Waals surface area contributed by atoms with E-state index in [4.69, 9.17) is 19.2 Å². The van der Waals surface area contributed by atoms with E-state index in [1.165, 1.54) is 492 Å². The van der Waals surface area contributed by atoms with Crippen LogP contribution in [0, 0.1) is 0 Å². The van der Waals surface area contributed by atoms with Gasteiger partial charge in [-0.3, -0.25) is 0 Å². The lowest BCUT2D eigenvalue weighted by Crippen LogP contribution is -3.00. The van der Waals surface area contributed by atoms with Crippen LogP contribution in [0.2, 0.25) is 0 Å². The molecule has 0 heterocycles. The summed E-state index contributed by atoms with van der Waals surface area (Å²) in [7, 11) is -4.64. The van der Waals surface area contributed by atoms with E-state index in [-0.39, 0.29) is 28.2 Å². The fraction of sp³-hybridized carbons (Fsp3) is 1.00. The van der Waals surface area contributed by atoms with E-state index in [1.54, 1.807) is 0 Å². The maximum absolute atomic E-state index is 8.88. The van der Waals surface area contributed by atoms with E-state index in [1.807, 2.05) is 0 Å². The first-order valence-electron chi connectivity index (χ1n) is 49.3. The molecule has 0 saturated heterocycles. The van der Waals surface area contributed by atoms with Gasteiger partial charge in [-0.25, -0.2) is 4.57 Å². The molecule has 704 valence electrons. The zero-order valence-electron chi connectivity index (χ0n) is 82.1. The quantitative estimate of drug-likeness (QED) is 0.0322. The molecule has 0 fully saturated rings. The minimum absolute atomic E-state index is 0. The number of phosphoric acid groups is 1. The van der Waals surface area contributed by atoms with E-state index < -0.39 is 7.82 Å². The lowest BCUT2D eigenvalue weighted by molar-refractivity contribution is -0.929. The zero-order valence-corrected chi connectivity index (χ0v) is 83.0. The highest BCUT2D eigenvalue weighted by Crippen LogP contribution is 2.26. The molecule has 0 amide bonds. The third-order valence-electron chi connectivity index (χ3n) is 23.7. The van der Waals surface area contributed by atoms with Crippen LogP contribution in [0.4, 0.5) is 0 Å². The molecule has 0 aliphatic rings. The van der Waals surface area contributed by atoms with Crippen molar-refractivity contribution in [3.63, 3.8) is 0 Å². The Balaban J connectivity index is -0.0000000943. The Kier molecular flexibility index (Phi) is 132. The van der Waals surface area contributed by atoms with Crippen molar-refractivity contribution in [2.75, 3.05) is 157 Å². The highest BCUT2D eigenvalue weighted by molar-refractivity contribution is 7.45. The molecule has 0 aliphatic carbocycles. The Morgan fingerprint density at radius 1 is 0.133 bits per heavy atom. The van der Waals surface area contributed by atoms with E-state index in [9.17, 15) is 0 Å². The molecule has 0 aromatic carbocycles. The van der Waals surface area contributed by atoms with Crippen molar-refractivity contribution in [1.29, 1.82) is 0 Å². The zero-order chi connectivity index (χ0) is 82.4. The first-order chi connectivity index (χ1) is 51.5. The molecule has 0 rings (SSSR count). The number of nitrogens with zero attached hydrogens (tertiary/aromatic N) is 6. The van der Waals surface area contributed by atoms with E-state index >= 15 is 0 Å². The van der Waals surface area contributed by atoms with Crippen molar-refractivity contribution >= 4 is 7.82 Å². The Bertz CT molecular complexity index is 1190. The molecule has 0 unspecified atom stereocenters. The van der Waals surface area contributed by atoms with Crippen molar-refractivity contribution < 1.29 is 74.4 Å². The molecule has 10 nitrogen and oxygen atoms in total. The SMILES string of the molecule is CCCC[N+](CCCC)(CCCC)CCCC.CCCC[N+](CCCC)(CCCC)CCCC.CCCC[N+](CCCC)(CCCC)CCCC.CCCC[N+](CCCC)(CCCC)CCCC.CCCC[N+](CCCC)(CCCC)CCCC.CCCC[N+](CCCC)(CCCC)CCCC.O=P(O)(O)O.[F-].[F-].[F-].[F-].[F-].[F-]. The molecular weight excluding hydrogens is 1450 g/mol. The van der Waals surface area contributed by atoms with Crippen LogP contribution >= 0.6 is 7.82 Å². The van der Waals surface area contributed by atoms with Crippen molar-refractivity contribution in [3.8, 4) is 0 Å². The standard InChI is InChI=1S/6C16H36N.6FH.H3O4P/c6*1-5-9-13-17(14-10-6-2,15-11-7-3)16-12-8-4;;;;;;;1-5(2,3)4/h6*5-16H2,1-4H3;6*1H;(H3,1,2,3,4)/q6*+1;;;;;;;/p-6. The van der Waals surface area contributed by atoms with E-state index in [2.05, 4.69) is 166 Å². The Labute approximate surface area is 710 Å². The summed E-state index contributed by atoms with van der Waals surface area (Å²) in [5, 5.41) is 0. The van der Waals surface area contributed by atoms with Gasteiger partial charge < -0.3 is 69.8 Å². The van der Waals surface area contributed by atoms with Crippen molar-refractivity contribution in [1.82, 2.24) is 0 Å². The molecule has 0 atom stereocenters. The van der Waals surface area contributed by atoms with Gasteiger partial charge in [0.05, 0.1) is 157 Å². The van der Waals surface area contributed by atoms with Gasteiger partial charge in [0.2, 0.25) is 0 Å². The van der Waals surface area contributed by atoms with Crippen LogP contribution in [0.1, 0.15) is 474 Å². The van der Waals surface area contributed by atoms with Crippen LogP contribution in [-0.2, 0) is 4.57 Å². The molecule has 0 saturated carbocycles. The second-order valence-electron chi connectivity index (χ2n) is 34.4. The van der Waals surface area contributed by atoms with Crippen LogP contribution in [0.5, 0.6) is 0 Å². The summed E-state index contributed by atoms with van der Waals surface area (Å²) in [4.78, 5) is 21.6. The molecule has 17 heteroatoms. The predicted octanol–water partition coefficient (Wildman–Crippen LogP) is 11.1. The van der Waals surface area contributed by atoms with Crippen molar-refractivity contribution in [2.45, 2.75) is 474 Å². The summed E-state index contributed by atoms with van der Waals surface area (Å²) in [6, 6.07) is 0. The number of hydrogen-bond acceptors (Lipinski definition) is 1. The number of hydrogen-bond donors (Lipinski definition) is 3. The van der Waals surface area contributed by atoms with E-state index in [0.29, 0.717) is 0 Å². The summed E-state index contributed by atoms with van der Waals surface area (Å²) < 4.78 is 17.4. The minimum atomic E-state index is -4.64. The van der Waals surface area contributed by atoms with Gasteiger partial charge in [0.15, 0.2) is 0 Å². The maximum atomic E-state index is 8.88. The normalized spacial score (nSPS) is 11.4. The number of halogens is 6. The third kappa shape index (κ3) is 93.6. The number of unbranched alkanes of at least 4 members (excludes halogenated alkanes) is 24. The van der Waals surface area contributed by atoms with Gasteiger partial charge in [0.1, 0.15) is 0 Å². The average Bonchev–Trinajstić information content (AvgIpc) is 0.921. The van der Waals surface area contributed by atoms with Gasteiger partial charge in [0, 0.05) is 0 Å². The molecule has 3 N–H and O–H groups in total. The summed E-state index contributed by atoms with van der Waals surface area (Å²) in [6.07, 6.45) is 66.4. The van der Waals surface area contributed by atoms with Gasteiger partial charge >= 0.3 is 7.82 Å². The predicted molar refractivity (Wildman–Crippen MR) is 490 cm³/mol. The summed E-state index contributed by atoms with van der Waals surface area (Å²) in [5.74, 6) is 0. The Morgan fingerprint density at radius 2 is 0.168 bits per heavy atom. The molecule has 0 spiro atoms. The maximum Gasteiger partial charge on any atom is 0.466 e. The van der Waals surface area contributed by atoms with Crippen LogP contribution in [-0.4, -0.2) is 199 Å². The lowest BCUT2D eigenvalue weighted by Gasteiger charge is -2.39. The third-order valence-corrected chi connectivity index (χ3v) is 23.7. The topological polar surface area (TPSA) is 77.8 Å². The fourth-order valence-electron chi connectivity index (χ4n) is 15.9. The summed E-state index contributed by atoms with van der Waals surface area (Å²) in [5.41, 5.74) is 0. The Morgan fingerprint density at radius 3 is 0.195 bits per heavy atom. The lowest BCUT2D eigenvalue weighted by atomic mass is 10.1. The van der Waals surface area contributed by atoms with Gasteiger partial charge in [-0.05, 0) is 154 Å². The minimum Gasteiger partial charge on any atom is -1.00 e. The molecule has 0 aliphatic heterocycles. The van der Waals surface area contributed by atoms with Crippen molar-refractivity contribution in [2.24, 2.45) is 0 Å². The van der Waals surface area contributed by atoms with Crippen LogP contribution in [0.25, 0.3) is 0 Å². The van der Waals surface area contributed by atoms with Crippen molar-refractivity contribution in [3.05, 3.63) is 0 Å². The molecule has 0 aromatic rings. The number of rotatable bonds is 72. The second kappa shape index (κ2) is 106. The van der Waals surface area contributed by atoms with Gasteiger partial charge in [0.25, 0.3) is 0 Å². The largest absolute Gasteiger partial charge is 1.00 e. The smallest absolute Gasteiger partial charge is 0.466 e. The summed E-state index contributed by atoms with van der Waals surface area (Å²) >= 11 is 0. The highest BCUT2D eigenvalue weighted by Gasteiger charge is 2.30. The second-order valence-corrected chi connectivity index (χ2v) is 35.4. The van der Waals surface area contributed by atoms with Crippen LogP contribution in [0.3, 0.4) is 0 Å². The monoisotopic (exact) mass is 1670 g/mol. The Hall–Kier alpha value is -0.550. The van der Waals surface area contributed by atoms with Crippen LogP contribution in [0.15, 0.2) is 0 Å². The molecule has 0 bridgehead atoms. The van der Waals surface area contributed by atoms with Crippen LogP contribution < -0.4 is 28.2 Å². The molecule has 113 heavy (non-hydrogen) atoms. The fourth-order valence-corrected chi connectivity index (χ4v) is 15.9. The van der Waals surface area contributed by atoms with Gasteiger partial charge in [-0.15, -0.1) is 0 Å². The number of quaternary nitrogens is 6. The summed E-state index contributed by atoms with van der Waals surface area (Å²) in [6.45, 7) is 90.1. The highest BCUT2D eigenvalue weighted by atomic mass is 31.2. The molecular formula is C96H219F6N6O4P. The first kappa shape index (κ1) is 141. The first-order valence-corrected chi connectivity index (χ1v) is 50.9.